The van der Waals surface area contributed by atoms with Gasteiger partial charge in [0, 0.05) is 35.1 Å². The van der Waals surface area contributed by atoms with Crippen LogP contribution in [0.1, 0.15) is 34.6 Å². The molecular weight excluding hydrogens is 542 g/mol. The Hall–Kier alpha value is -4.95. The van der Waals surface area contributed by atoms with E-state index in [0.29, 0.717) is 16.5 Å². The number of carbonyl (C=O) groups is 1. The van der Waals surface area contributed by atoms with Crippen molar-refractivity contribution >= 4 is 34.6 Å². The highest BCUT2D eigenvalue weighted by Gasteiger charge is 2.42. The lowest BCUT2D eigenvalue weighted by Gasteiger charge is -2.29. The maximum Gasteiger partial charge on any atom is 0.262 e. The average Bonchev–Trinajstić information content (AvgIpc) is 3.63. The number of hydrogen-bond acceptors (Lipinski definition) is 4. The van der Waals surface area contributed by atoms with Crippen LogP contribution in [0.15, 0.2) is 116 Å². The highest BCUT2D eigenvalue weighted by atomic mass is 32.1. The van der Waals surface area contributed by atoms with Crippen LogP contribution in [0.25, 0.3) is 5.69 Å². The summed E-state index contributed by atoms with van der Waals surface area (Å²) >= 11 is 5.92. The summed E-state index contributed by atoms with van der Waals surface area (Å²) in [6.45, 7) is 4.18. The molecule has 42 heavy (non-hydrogen) atoms. The molecule has 2 aromatic heterocycles. The number of carbonyl (C=O) groups excluding carboxylic acids is 1. The molecule has 2 atom stereocenters. The lowest BCUT2D eigenvalue weighted by Crippen LogP contribution is -2.30. The fourth-order valence-corrected chi connectivity index (χ4v) is 5.59. The van der Waals surface area contributed by atoms with Crippen LogP contribution >= 0.6 is 12.2 Å². The SMILES string of the molecule is Cc1ccc(-n2cccc2[C@H]2[C@H](c3ccccn3)NC(=S)N2c2ccc(NC(=O)COc3ccccc3)cc2)cc1C. The zero-order valence-electron chi connectivity index (χ0n) is 23.4. The van der Waals surface area contributed by atoms with E-state index < -0.39 is 0 Å². The van der Waals surface area contributed by atoms with Crippen LogP contribution in [-0.2, 0) is 4.79 Å². The molecule has 3 heterocycles. The number of para-hydroxylation sites is 1. The van der Waals surface area contributed by atoms with Crippen LogP contribution < -0.4 is 20.3 Å². The molecule has 1 saturated heterocycles. The van der Waals surface area contributed by atoms with E-state index in [1.54, 1.807) is 6.20 Å². The van der Waals surface area contributed by atoms with Gasteiger partial charge in [-0.25, -0.2) is 0 Å². The topological polar surface area (TPSA) is 71.4 Å². The zero-order chi connectivity index (χ0) is 29.1. The molecule has 0 radical (unpaired) electrons. The summed E-state index contributed by atoms with van der Waals surface area (Å²) < 4.78 is 7.80. The summed E-state index contributed by atoms with van der Waals surface area (Å²) in [5.74, 6) is 0.418. The summed E-state index contributed by atoms with van der Waals surface area (Å²) in [6.07, 6.45) is 3.89. The second kappa shape index (κ2) is 11.9. The predicted molar refractivity (Wildman–Crippen MR) is 170 cm³/mol. The van der Waals surface area contributed by atoms with Gasteiger partial charge in [0.25, 0.3) is 5.91 Å². The number of ether oxygens (including phenoxy) is 1. The van der Waals surface area contributed by atoms with E-state index in [2.05, 4.69) is 75.5 Å². The summed E-state index contributed by atoms with van der Waals surface area (Å²) in [4.78, 5) is 19.3. The Morgan fingerprint density at radius 3 is 2.40 bits per heavy atom. The molecule has 2 N–H and O–H groups in total. The van der Waals surface area contributed by atoms with Gasteiger partial charge in [0.05, 0.1) is 11.7 Å². The molecule has 6 rings (SSSR count). The monoisotopic (exact) mass is 573 g/mol. The van der Waals surface area contributed by atoms with E-state index in [1.165, 1.54) is 11.1 Å². The molecule has 0 spiro atoms. The average molecular weight is 574 g/mol. The van der Waals surface area contributed by atoms with Crippen LogP contribution in [0.4, 0.5) is 11.4 Å². The maximum atomic E-state index is 12.5. The third-order valence-corrected chi connectivity index (χ3v) is 7.81. The molecule has 1 aliphatic rings. The van der Waals surface area contributed by atoms with Gasteiger partial charge in [-0.05, 0) is 110 Å². The number of aromatic nitrogens is 2. The summed E-state index contributed by atoms with van der Waals surface area (Å²) in [5, 5.41) is 7.05. The lowest BCUT2D eigenvalue weighted by atomic mass is 10.0. The van der Waals surface area contributed by atoms with Gasteiger partial charge >= 0.3 is 0 Å². The molecule has 0 unspecified atom stereocenters. The van der Waals surface area contributed by atoms with Gasteiger partial charge in [-0.15, -0.1) is 0 Å². The molecule has 1 aliphatic heterocycles. The minimum atomic E-state index is -0.232. The molecule has 0 saturated carbocycles. The van der Waals surface area contributed by atoms with Crippen LogP contribution in [-0.4, -0.2) is 27.2 Å². The summed E-state index contributed by atoms with van der Waals surface area (Å²) in [6, 6.07) is 33.3. The Morgan fingerprint density at radius 2 is 1.67 bits per heavy atom. The number of thiocarbonyl (C=S) groups is 1. The van der Waals surface area contributed by atoms with E-state index in [4.69, 9.17) is 17.0 Å². The molecule has 1 fully saturated rings. The van der Waals surface area contributed by atoms with Gasteiger partial charge in [-0.2, -0.15) is 0 Å². The Balaban J connectivity index is 1.29. The number of aryl methyl sites for hydroxylation is 2. The number of hydrogen-bond donors (Lipinski definition) is 2. The minimum Gasteiger partial charge on any atom is -0.484 e. The van der Waals surface area contributed by atoms with Gasteiger partial charge < -0.3 is 24.8 Å². The zero-order valence-corrected chi connectivity index (χ0v) is 24.2. The standard InChI is InChI=1S/C34H31N5O2S/c1-23-13-16-27(21-24(23)2)38-20-8-12-30(38)33-32(29-11-6-7-19-35-29)37-34(42)39(33)26-17-14-25(15-18-26)36-31(40)22-41-28-9-4-3-5-10-28/h3-21,32-33H,22H2,1-2H3,(H,36,40)(H,37,42)/t32-,33-/m0/s1. The van der Waals surface area contributed by atoms with Crippen molar-refractivity contribution in [2.24, 2.45) is 0 Å². The van der Waals surface area contributed by atoms with E-state index in [0.717, 1.165) is 22.8 Å². The first-order valence-electron chi connectivity index (χ1n) is 13.8. The minimum absolute atomic E-state index is 0.0742. The van der Waals surface area contributed by atoms with Crippen LogP contribution in [0.5, 0.6) is 5.75 Å². The number of benzene rings is 3. The molecule has 0 aliphatic carbocycles. The Labute approximate surface area is 250 Å². The van der Waals surface area contributed by atoms with Crippen molar-refractivity contribution in [3.05, 3.63) is 138 Å². The number of nitrogens with one attached hydrogen (secondary N) is 2. The number of amides is 1. The van der Waals surface area contributed by atoms with Crippen LogP contribution in [0.3, 0.4) is 0 Å². The Bertz CT molecular complexity index is 1700. The Kier molecular flexibility index (Phi) is 7.70. The van der Waals surface area contributed by atoms with Gasteiger partial charge in [0.2, 0.25) is 0 Å². The first kappa shape index (κ1) is 27.2. The first-order valence-corrected chi connectivity index (χ1v) is 14.2. The molecule has 210 valence electrons. The van der Waals surface area contributed by atoms with Crippen molar-refractivity contribution in [2.75, 3.05) is 16.8 Å². The van der Waals surface area contributed by atoms with Crippen molar-refractivity contribution in [2.45, 2.75) is 25.9 Å². The largest absolute Gasteiger partial charge is 0.484 e. The van der Waals surface area contributed by atoms with Gasteiger partial charge in [0.1, 0.15) is 11.8 Å². The first-order chi connectivity index (χ1) is 20.5. The van der Waals surface area contributed by atoms with Crippen LogP contribution in [0, 0.1) is 13.8 Å². The third-order valence-electron chi connectivity index (χ3n) is 7.49. The fraction of sp³-hybridized carbons (Fsp3) is 0.147. The fourth-order valence-electron chi connectivity index (χ4n) is 5.25. The highest BCUT2D eigenvalue weighted by Crippen LogP contribution is 2.42. The molecule has 3 aromatic carbocycles. The second-order valence-electron chi connectivity index (χ2n) is 10.3. The maximum absolute atomic E-state index is 12.5. The second-order valence-corrected chi connectivity index (χ2v) is 10.7. The highest BCUT2D eigenvalue weighted by molar-refractivity contribution is 7.80. The molecule has 8 heteroatoms. The van der Waals surface area contributed by atoms with E-state index in [9.17, 15) is 4.79 Å². The summed E-state index contributed by atoms with van der Waals surface area (Å²) in [7, 11) is 0. The number of anilines is 2. The van der Waals surface area contributed by atoms with E-state index in [-0.39, 0.29) is 24.6 Å². The van der Waals surface area contributed by atoms with Gasteiger partial charge in [-0.3, -0.25) is 9.78 Å². The van der Waals surface area contributed by atoms with Crippen molar-refractivity contribution < 1.29 is 9.53 Å². The molecule has 7 nitrogen and oxygen atoms in total. The molecule has 5 aromatic rings. The van der Waals surface area contributed by atoms with Crippen molar-refractivity contribution in [1.82, 2.24) is 14.9 Å². The lowest BCUT2D eigenvalue weighted by molar-refractivity contribution is -0.118. The quantitative estimate of drug-likeness (QED) is 0.202. The van der Waals surface area contributed by atoms with E-state index in [1.807, 2.05) is 72.8 Å². The smallest absolute Gasteiger partial charge is 0.262 e. The Morgan fingerprint density at radius 1 is 0.905 bits per heavy atom. The van der Waals surface area contributed by atoms with Crippen molar-refractivity contribution in [3.8, 4) is 11.4 Å². The number of rotatable bonds is 8. The van der Waals surface area contributed by atoms with E-state index >= 15 is 0 Å². The van der Waals surface area contributed by atoms with Crippen molar-refractivity contribution in [1.29, 1.82) is 0 Å². The normalized spacial score (nSPS) is 16.2. The number of pyridine rings is 1. The summed E-state index contributed by atoms with van der Waals surface area (Å²) in [5.41, 5.74) is 7.14. The van der Waals surface area contributed by atoms with Gasteiger partial charge in [0.15, 0.2) is 11.7 Å². The predicted octanol–water partition coefficient (Wildman–Crippen LogP) is 6.68. The third kappa shape index (κ3) is 5.62. The molecule has 0 bridgehead atoms. The van der Waals surface area contributed by atoms with Crippen molar-refractivity contribution in [3.63, 3.8) is 0 Å². The van der Waals surface area contributed by atoms with Crippen LogP contribution in [0.2, 0.25) is 0 Å². The number of nitrogens with zero attached hydrogens (tertiary/aromatic N) is 3. The molecule has 1 amide bonds. The molecular formula is C34H31N5O2S. The van der Waals surface area contributed by atoms with Gasteiger partial charge in [-0.1, -0.05) is 30.3 Å².